The molecule has 1 fully saturated rings. The summed E-state index contributed by atoms with van der Waals surface area (Å²) < 4.78 is 26.4. The molecule has 6 nitrogen and oxygen atoms in total. The fraction of sp³-hybridized carbons (Fsp3) is 0.500. The Morgan fingerprint density at radius 3 is 2.42 bits per heavy atom. The van der Waals surface area contributed by atoms with Crippen LogP contribution < -0.4 is 0 Å². The van der Waals surface area contributed by atoms with Gasteiger partial charge in [0.15, 0.2) is 0 Å². The van der Waals surface area contributed by atoms with Crippen molar-refractivity contribution in [1.29, 1.82) is 0 Å². The predicted molar refractivity (Wildman–Crippen MR) is 70.4 cm³/mol. The molecule has 1 aliphatic rings. The Morgan fingerprint density at radius 2 is 1.84 bits per heavy atom. The fourth-order valence-electron chi connectivity index (χ4n) is 2.32. The number of rotatable bonds is 3. The highest BCUT2D eigenvalue weighted by Crippen LogP contribution is 2.28. The summed E-state index contributed by atoms with van der Waals surface area (Å²) in [5.41, 5.74) is 0.0520. The van der Waals surface area contributed by atoms with Crippen molar-refractivity contribution in [2.24, 2.45) is 0 Å². The maximum atomic E-state index is 12.5. The first-order valence-corrected chi connectivity index (χ1v) is 7.63. The van der Waals surface area contributed by atoms with E-state index in [1.165, 1.54) is 29.4 Å². The van der Waals surface area contributed by atoms with Crippen molar-refractivity contribution in [1.82, 2.24) is 4.31 Å². The quantitative estimate of drug-likeness (QED) is 0.628. The smallest absolute Gasteiger partial charge is 0.258 e. The van der Waals surface area contributed by atoms with Crippen molar-refractivity contribution in [2.45, 2.75) is 31.1 Å². The standard InChI is InChI=1S/C12H16N2O4S/c1-10-11(14(15)16)6-5-7-12(10)19(17,18)13-8-3-2-4-9-13/h5-7H,2-4,8-9H2,1H3. The minimum atomic E-state index is -3.62. The molecule has 0 bridgehead atoms. The number of sulfonamides is 1. The fourth-order valence-corrected chi connectivity index (χ4v) is 4.08. The van der Waals surface area contributed by atoms with E-state index in [4.69, 9.17) is 0 Å². The molecule has 0 aromatic heterocycles. The molecular weight excluding hydrogens is 268 g/mol. The molecule has 2 rings (SSSR count). The number of hydrogen-bond acceptors (Lipinski definition) is 4. The van der Waals surface area contributed by atoms with E-state index < -0.39 is 14.9 Å². The number of hydrogen-bond donors (Lipinski definition) is 0. The zero-order valence-corrected chi connectivity index (χ0v) is 11.5. The van der Waals surface area contributed by atoms with Crippen molar-refractivity contribution in [3.63, 3.8) is 0 Å². The Hall–Kier alpha value is -1.47. The topological polar surface area (TPSA) is 80.5 Å². The van der Waals surface area contributed by atoms with Gasteiger partial charge >= 0.3 is 0 Å². The van der Waals surface area contributed by atoms with E-state index >= 15 is 0 Å². The molecule has 0 spiro atoms. The summed E-state index contributed by atoms with van der Waals surface area (Å²) in [5.74, 6) is 0. The highest BCUT2D eigenvalue weighted by molar-refractivity contribution is 7.89. The van der Waals surface area contributed by atoms with Gasteiger partial charge in [0.1, 0.15) is 0 Å². The van der Waals surface area contributed by atoms with Gasteiger partial charge in [0, 0.05) is 24.7 Å². The van der Waals surface area contributed by atoms with Crippen molar-refractivity contribution < 1.29 is 13.3 Å². The van der Waals surface area contributed by atoms with Gasteiger partial charge in [-0.05, 0) is 25.8 Å². The molecule has 1 aromatic carbocycles. The SMILES string of the molecule is Cc1c([N+](=O)[O-])cccc1S(=O)(=O)N1CCCCC1. The highest BCUT2D eigenvalue weighted by Gasteiger charge is 2.29. The summed E-state index contributed by atoms with van der Waals surface area (Å²) in [6.07, 6.45) is 2.71. The van der Waals surface area contributed by atoms with E-state index in [1.54, 1.807) is 0 Å². The zero-order valence-electron chi connectivity index (χ0n) is 10.7. The summed E-state index contributed by atoms with van der Waals surface area (Å²) in [6.45, 7) is 2.46. The Labute approximate surface area is 112 Å². The van der Waals surface area contributed by atoms with Crippen LogP contribution in [0.3, 0.4) is 0 Å². The number of nitro groups is 1. The van der Waals surface area contributed by atoms with E-state index in [-0.39, 0.29) is 16.1 Å². The predicted octanol–water partition coefficient (Wildman–Crippen LogP) is 2.08. The molecule has 1 saturated heterocycles. The van der Waals surface area contributed by atoms with E-state index in [0.717, 1.165) is 19.3 Å². The zero-order chi connectivity index (χ0) is 14.0. The van der Waals surface area contributed by atoms with E-state index in [1.807, 2.05) is 0 Å². The van der Waals surface area contributed by atoms with Gasteiger partial charge in [-0.15, -0.1) is 0 Å². The van der Waals surface area contributed by atoms with Crippen molar-refractivity contribution in [3.8, 4) is 0 Å². The van der Waals surface area contributed by atoms with Gasteiger partial charge in [0.2, 0.25) is 10.0 Å². The molecule has 0 unspecified atom stereocenters. The van der Waals surface area contributed by atoms with Crippen LogP contribution >= 0.6 is 0 Å². The molecule has 0 radical (unpaired) electrons. The molecule has 19 heavy (non-hydrogen) atoms. The normalized spacial score (nSPS) is 17.3. The molecule has 1 aliphatic heterocycles. The Balaban J connectivity index is 2.46. The molecule has 0 amide bonds. The number of nitro benzene ring substituents is 1. The third-order valence-corrected chi connectivity index (χ3v) is 5.43. The van der Waals surface area contributed by atoms with Gasteiger partial charge in [-0.1, -0.05) is 12.5 Å². The Morgan fingerprint density at radius 1 is 1.21 bits per heavy atom. The van der Waals surface area contributed by atoms with Gasteiger partial charge in [-0.25, -0.2) is 8.42 Å². The van der Waals surface area contributed by atoms with Crippen LogP contribution in [-0.2, 0) is 10.0 Å². The van der Waals surface area contributed by atoms with Gasteiger partial charge in [-0.2, -0.15) is 4.31 Å². The summed E-state index contributed by atoms with van der Waals surface area (Å²) in [5, 5.41) is 10.9. The molecule has 1 heterocycles. The Bertz CT molecular complexity index is 592. The highest BCUT2D eigenvalue weighted by atomic mass is 32.2. The summed E-state index contributed by atoms with van der Waals surface area (Å²) >= 11 is 0. The van der Waals surface area contributed by atoms with Crippen LogP contribution in [0.2, 0.25) is 0 Å². The van der Waals surface area contributed by atoms with Gasteiger partial charge < -0.3 is 0 Å². The first-order chi connectivity index (χ1) is 8.94. The minimum absolute atomic E-state index is 0.0450. The molecule has 104 valence electrons. The van der Waals surface area contributed by atoms with Crippen LogP contribution in [-0.4, -0.2) is 30.7 Å². The van der Waals surface area contributed by atoms with Gasteiger partial charge in [-0.3, -0.25) is 10.1 Å². The lowest BCUT2D eigenvalue weighted by molar-refractivity contribution is -0.385. The second-order valence-corrected chi connectivity index (χ2v) is 6.53. The Kier molecular flexibility index (Phi) is 3.86. The second kappa shape index (κ2) is 5.26. The van der Waals surface area contributed by atoms with Crippen LogP contribution in [0, 0.1) is 17.0 Å². The number of piperidine rings is 1. The first-order valence-electron chi connectivity index (χ1n) is 6.19. The van der Waals surface area contributed by atoms with E-state index in [0.29, 0.717) is 13.1 Å². The van der Waals surface area contributed by atoms with Crippen LogP contribution in [0.4, 0.5) is 5.69 Å². The number of benzene rings is 1. The van der Waals surface area contributed by atoms with Crippen LogP contribution in [0.5, 0.6) is 0 Å². The third kappa shape index (κ3) is 2.62. The molecular formula is C12H16N2O4S. The first kappa shape index (κ1) is 14.0. The lowest BCUT2D eigenvalue weighted by Gasteiger charge is -2.26. The average Bonchev–Trinajstić information content (AvgIpc) is 2.39. The van der Waals surface area contributed by atoms with E-state index in [9.17, 15) is 18.5 Å². The van der Waals surface area contributed by atoms with Gasteiger partial charge in [0.25, 0.3) is 5.69 Å². The van der Waals surface area contributed by atoms with Crippen molar-refractivity contribution in [2.75, 3.05) is 13.1 Å². The van der Waals surface area contributed by atoms with Crippen LogP contribution in [0.25, 0.3) is 0 Å². The molecule has 0 saturated carbocycles. The van der Waals surface area contributed by atoms with E-state index in [2.05, 4.69) is 0 Å². The second-order valence-electron chi connectivity index (χ2n) is 4.62. The maximum Gasteiger partial charge on any atom is 0.273 e. The molecule has 1 aromatic rings. The summed E-state index contributed by atoms with van der Waals surface area (Å²) in [6, 6.07) is 4.18. The lowest BCUT2D eigenvalue weighted by Crippen LogP contribution is -2.36. The molecule has 0 aliphatic carbocycles. The van der Waals surface area contributed by atoms with Crippen LogP contribution in [0.15, 0.2) is 23.1 Å². The average molecular weight is 284 g/mol. The summed E-state index contributed by atoms with van der Waals surface area (Å²) in [7, 11) is -3.62. The molecule has 7 heteroatoms. The monoisotopic (exact) mass is 284 g/mol. The third-order valence-electron chi connectivity index (χ3n) is 3.39. The van der Waals surface area contributed by atoms with Crippen molar-refractivity contribution in [3.05, 3.63) is 33.9 Å². The largest absolute Gasteiger partial charge is 0.273 e. The van der Waals surface area contributed by atoms with Gasteiger partial charge in [0.05, 0.1) is 9.82 Å². The maximum absolute atomic E-state index is 12.5. The summed E-state index contributed by atoms with van der Waals surface area (Å²) in [4.78, 5) is 10.4. The number of nitrogens with zero attached hydrogens (tertiary/aromatic N) is 2. The van der Waals surface area contributed by atoms with Crippen LogP contribution in [0.1, 0.15) is 24.8 Å². The van der Waals surface area contributed by atoms with Crippen molar-refractivity contribution >= 4 is 15.7 Å². The molecule has 0 N–H and O–H groups in total. The molecule has 0 atom stereocenters. The minimum Gasteiger partial charge on any atom is -0.258 e. The lowest BCUT2D eigenvalue weighted by atomic mass is 10.2.